The van der Waals surface area contributed by atoms with E-state index in [0.29, 0.717) is 32.2 Å². The minimum absolute atomic E-state index is 0.0965. The molecular formula is C35H66N6O8. The summed E-state index contributed by atoms with van der Waals surface area (Å²) in [6.07, 6.45) is 14.5. The summed E-state index contributed by atoms with van der Waals surface area (Å²) in [5.41, 5.74) is 5.48. The fourth-order valence-electron chi connectivity index (χ4n) is 5.55. The van der Waals surface area contributed by atoms with Gasteiger partial charge in [-0.15, -0.1) is 0 Å². The van der Waals surface area contributed by atoms with Crippen molar-refractivity contribution >= 4 is 35.5 Å². The molecule has 4 unspecified atom stereocenters. The fraction of sp³-hybridized carbons (Fsp3) is 0.829. The highest BCUT2D eigenvalue weighted by atomic mass is 16.4. The number of nitrogens with one attached hydrogen (secondary N) is 5. The van der Waals surface area contributed by atoms with Gasteiger partial charge in [0.05, 0.1) is 25.1 Å². The average Bonchev–Trinajstić information content (AvgIpc) is 3.01. The van der Waals surface area contributed by atoms with Crippen molar-refractivity contribution in [3.8, 4) is 0 Å². The number of carbonyl (C=O) groups is 6. The van der Waals surface area contributed by atoms with E-state index in [9.17, 15) is 33.9 Å². The van der Waals surface area contributed by atoms with Crippen molar-refractivity contribution in [2.75, 3.05) is 19.7 Å². The van der Waals surface area contributed by atoms with Crippen molar-refractivity contribution in [1.82, 2.24) is 26.6 Å². The third kappa shape index (κ3) is 28.3. The molecule has 0 aromatic rings. The summed E-state index contributed by atoms with van der Waals surface area (Å²) < 4.78 is 0. The minimum atomic E-state index is -1.05. The second kappa shape index (κ2) is 29.6. The normalized spacial score (nSPS) is 13.4. The van der Waals surface area contributed by atoms with E-state index in [4.69, 9.17) is 10.8 Å². The Labute approximate surface area is 293 Å². The van der Waals surface area contributed by atoms with Gasteiger partial charge >= 0.3 is 5.97 Å². The van der Waals surface area contributed by atoms with Gasteiger partial charge in [0.1, 0.15) is 0 Å². The van der Waals surface area contributed by atoms with Gasteiger partial charge in [0.15, 0.2) is 0 Å². The molecule has 0 saturated heterocycles. The number of carboxylic acids is 1. The molecule has 0 aliphatic carbocycles. The molecule has 0 aliphatic rings. The minimum Gasteiger partial charge on any atom is -0.481 e. The monoisotopic (exact) mass is 698 g/mol. The number of carbonyl (C=O) groups excluding carboxylic acids is 5. The topological polar surface area (TPSA) is 229 Å². The van der Waals surface area contributed by atoms with Crippen molar-refractivity contribution in [2.45, 2.75) is 167 Å². The first-order valence-corrected chi connectivity index (χ1v) is 18.3. The van der Waals surface area contributed by atoms with E-state index in [0.717, 1.165) is 19.3 Å². The summed E-state index contributed by atoms with van der Waals surface area (Å²) in [4.78, 5) is 73.0. The molecule has 0 rings (SSSR count). The number of carboxylic acid groups (broad SMARTS) is 1. The van der Waals surface area contributed by atoms with Gasteiger partial charge in [0.25, 0.3) is 0 Å². The zero-order valence-corrected chi connectivity index (χ0v) is 30.3. The molecule has 0 spiro atoms. The second-order valence-corrected chi connectivity index (χ2v) is 13.2. The third-order valence-corrected chi connectivity index (χ3v) is 8.10. The molecule has 0 bridgehead atoms. The lowest BCUT2D eigenvalue weighted by Gasteiger charge is -2.22. The lowest BCUT2D eigenvalue weighted by atomic mass is 10.1. The predicted molar refractivity (Wildman–Crippen MR) is 189 cm³/mol. The molecule has 5 amide bonds. The van der Waals surface area contributed by atoms with Crippen molar-refractivity contribution < 1.29 is 39.0 Å². The first-order chi connectivity index (χ1) is 23.4. The van der Waals surface area contributed by atoms with Crippen LogP contribution in [0, 0.1) is 0 Å². The van der Waals surface area contributed by atoms with Gasteiger partial charge in [-0.2, -0.15) is 0 Å². The van der Waals surface area contributed by atoms with Crippen LogP contribution in [-0.2, 0) is 28.8 Å². The Hall–Kier alpha value is -3.26. The van der Waals surface area contributed by atoms with Crippen LogP contribution in [-0.4, -0.2) is 89.6 Å². The zero-order valence-electron chi connectivity index (χ0n) is 30.3. The van der Waals surface area contributed by atoms with Crippen LogP contribution in [0.25, 0.3) is 0 Å². The SMILES string of the molecule is CCCCCCCCCCCCCC(=O)NCC(CC(=O)NC(C)CC(=O)NC(CO)CC(=O)NC(CCCCN)CC(=O)O)NC(C)=O. The Morgan fingerprint density at radius 3 is 1.69 bits per heavy atom. The lowest BCUT2D eigenvalue weighted by molar-refractivity contribution is -0.138. The summed E-state index contributed by atoms with van der Waals surface area (Å²) in [6.45, 7) is 5.21. The number of nitrogens with two attached hydrogens (primary N) is 1. The molecule has 14 heteroatoms. The largest absolute Gasteiger partial charge is 0.481 e. The molecule has 4 atom stereocenters. The van der Waals surface area contributed by atoms with Crippen LogP contribution >= 0.6 is 0 Å². The Kier molecular flexibility index (Phi) is 27.7. The highest BCUT2D eigenvalue weighted by molar-refractivity contribution is 5.82. The number of aliphatic carboxylic acids is 1. The standard InChI is InChI=1S/C35H66N6O8/c1-4-5-6-7-8-9-10-11-12-13-14-18-31(44)37-24-29(39-27(3)43)21-33(46)38-26(2)20-32(45)41-30(25-42)22-34(47)40-28(23-35(48)49)17-15-16-19-36/h26,28-30,42H,4-25,36H2,1-3H3,(H,37,44)(H,38,46)(H,39,43)(H,40,47)(H,41,45)(H,48,49). The first kappa shape index (κ1) is 45.7. The predicted octanol–water partition coefficient (Wildman–Crippen LogP) is 2.55. The molecule has 0 aliphatic heterocycles. The fourth-order valence-corrected chi connectivity index (χ4v) is 5.55. The number of aliphatic hydroxyl groups is 1. The van der Waals surface area contributed by atoms with Gasteiger partial charge in [0.2, 0.25) is 29.5 Å². The molecule has 0 fully saturated rings. The molecule has 0 radical (unpaired) electrons. The van der Waals surface area contributed by atoms with Crippen LogP contribution in [0.3, 0.4) is 0 Å². The molecule has 9 N–H and O–H groups in total. The van der Waals surface area contributed by atoms with E-state index in [1.807, 2.05) is 0 Å². The number of amides is 5. The summed E-state index contributed by atoms with van der Waals surface area (Å²) >= 11 is 0. The summed E-state index contributed by atoms with van der Waals surface area (Å²) in [7, 11) is 0. The van der Waals surface area contributed by atoms with Crippen LogP contribution < -0.4 is 32.3 Å². The molecular weight excluding hydrogens is 632 g/mol. The Morgan fingerprint density at radius 2 is 1.14 bits per heavy atom. The molecule has 0 saturated carbocycles. The van der Waals surface area contributed by atoms with E-state index in [2.05, 4.69) is 33.5 Å². The van der Waals surface area contributed by atoms with Crippen LogP contribution in [0.5, 0.6) is 0 Å². The van der Waals surface area contributed by atoms with Crippen molar-refractivity contribution in [3.63, 3.8) is 0 Å². The van der Waals surface area contributed by atoms with Crippen molar-refractivity contribution in [2.24, 2.45) is 5.73 Å². The number of rotatable bonds is 31. The summed E-state index contributed by atoms with van der Waals surface area (Å²) in [6, 6.07) is -2.72. The van der Waals surface area contributed by atoms with E-state index >= 15 is 0 Å². The van der Waals surface area contributed by atoms with Gasteiger partial charge in [0, 0.05) is 51.2 Å². The van der Waals surface area contributed by atoms with Crippen LogP contribution in [0.4, 0.5) is 0 Å². The quantitative estimate of drug-likeness (QED) is 0.0497. The number of unbranched alkanes of at least 4 members (excludes halogenated alkanes) is 11. The van der Waals surface area contributed by atoms with Gasteiger partial charge in [-0.3, -0.25) is 28.8 Å². The lowest BCUT2D eigenvalue weighted by Crippen LogP contribution is -2.48. The van der Waals surface area contributed by atoms with E-state index in [1.54, 1.807) is 6.92 Å². The molecule has 0 aromatic carbocycles. The number of hydrogen-bond donors (Lipinski definition) is 8. The van der Waals surface area contributed by atoms with Crippen LogP contribution in [0.2, 0.25) is 0 Å². The maximum atomic E-state index is 12.7. The van der Waals surface area contributed by atoms with Crippen molar-refractivity contribution in [1.29, 1.82) is 0 Å². The Balaban J connectivity index is 4.52. The highest BCUT2D eigenvalue weighted by Gasteiger charge is 2.22. The smallest absolute Gasteiger partial charge is 0.305 e. The van der Waals surface area contributed by atoms with E-state index in [1.165, 1.54) is 58.3 Å². The number of aliphatic hydroxyl groups excluding tert-OH is 1. The van der Waals surface area contributed by atoms with E-state index < -0.39 is 54.5 Å². The summed E-state index contributed by atoms with van der Waals surface area (Å²) in [5.74, 6) is -2.95. The average molecular weight is 699 g/mol. The van der Waals surface area contributed by atoms with Gasteiger partial charge in [-0.1, -0.05) is 77.6 Å². The van der Waals surface area contributed by atoms with Crippen LogP contribution in [0.1, 0.15) is 143 Å². The summed E-state index contributed by atoms with van der Waals surface area (Å²) in [5, 5.41) is 32.3. The Morgan fingerprint density at radius 1 is 0.612 bits per heavy atom. The Bertz CT molecular complexity index is 966. The van der Waals surface area contributed by atoms with Gasteiger partial charge in [-0.05, 0) is 32.7 Å². The number of hydrogen-bond acceptors (Lipinski definition) is 8. The molecule has 0 aromatic heterocycles. The molecule has 49 heavy (non-hydrogen) atoms. The zero-order chi connectivity index (χ0) is 36.9. The van der Waals surface area contributed by atoms with Crippen LogP contribution in [0.15, 0.2) is 0 Å². The van der Waals surface area contributed by atoms with Crippen molar-refractivity contribution in [3.05, 3.63) is 0 Å². The maximum Gasteiger partial charge on any atom is 0.305 e. The van der Waals surface area contributed by atoms with E-state index in [-0.39, 0.29) is 44.0 Å². The first-order valence-electron chi connectivity index (χ1n) is 18.3. The van der Waals surface area contributed by atoms with Gasteiger partial charge in [-0.25, -0.2) is 0 Å². The maximum absolute atomic E-state index is 12.7. The second-order valence-electron chi connectivity index (χ2n) is 13.2. The van der Waals surface area contributed by atoms with Gasteiger partial charge < -0.3 is 42.5 Å². The molecule has 284 valence electrons. The molecule has 0 heterocycles. The third-order valence-electron chi connectivity index (χ3n) is 8.10. The molecule has 14 nitrogen and oxygen atoms in total. The highest BCUT2D eigenvalue weighted by Crippen LogP contribution is 2.12.